The minimum absolute atomic E-state index is 0.329. The van der Waals surface area contributed by atoms with Crippen LogP contribution in [0.1, 0.15) is 11.1 Å². The van der Waals surface area contributed by atoms with Crippen molar-refractivity contribution in [2.45, 2.75) is 6.92 Å². The van der Waals surface area contributed by atoms with E-state index in [0.29, 0.717) is 22.8 Å². The minimum Gasteiger partial charge on any atom is -0.503 e. The Hall–Kier alpha value is -2.76. The highest BCUT2D eigenvalue weighted by molar-refractivity contribution is 6.32. The quantitative estimate of drug-likeness (QED) is 0.363. The number of benzene rings is 1. The van der Waals surface area contributed by atoms with Gasteiger partial charge in [-0.3, -0.25) is 0 Å². The zero-order valence-corrected chi connectivity index (χ0v) is 13.6. The van der Waals surface area contributed by atoms with Crippen LogP contribution in [0, 0.1) is 6.92 Å². The van der Waals surface area contributed by atoms with Crippen LogP contribution >= 0.6 is 0 Å². The summed E-state index contributed by atoms with van der Waals surface area (Å²) in [4.78, 5) is 16.1. The number of hydrogen-bond donors (Lipinski definition) is 0. The minimum atomic E-state index is -0.472. The lowest BCUT2D eigenvalue weighted by Crippen LogP contribution is -2.06. The second kappa shape index (κ2) is 7.49. The molecule has 0 fully saturated rings. The summed E-state index contributed by atoms with van der Waals surface area (Å²) in [5.74, 6) is 0.592. The van der Waals surface area contributed by atoms with E-state index in [1.807, 2.05) is 33.0 Å². The highest BCUT2D eigenvalue weighted by atomic mass is 16.5. The maximum absolute atomic E-state index is 11.9. The third kappa shape index (κ3) is 4.13. The highest BCUT2D eigenvalue weighted by Gasteiger charge is 2.16. The smallest absolute Gasteiger partial charge is 0.341 e. The maximum atomic E-state index is 11.9. The number of ether oxygens (including phenoxy) is 3. The van der Waals surface area contributed by atoms with Gasteiger partial charge >= 0.3 is 5.97 Å². The van der Waals surface area contributed by atoms with Crippen LogP contribution in [0.3, 0.4) is 0 Å². The summed E-state index contributed by atoms with van der Waals surface area (Å²) in [5, 5.41) is 0. The first-order chi connectivity index (χ1) is 11.0. The van der Waals surface area contributed by atoms with Gasteiger partial charge < -0.3 is 14.2 Å². The molecular weight excluding hydrogens is 293 g/mol. The van der Waals surface area contributed by atoms with E-state index < -0.39 is 5.97 Å². The van der Waals surface area contributed by atoms with E-state index >= 15 is 0 Å². The average molecular weight is 311 g/mol. The molecule has 2 aromatic rings. The van der Waals surface area contributed by atoms with Gasteiger partial charge in [0.05, 0.1) is 20.5 Å². The van der Waals surface area contributed by atoms with Crippen molar-refractivity contribution in [2.75, 3.05) is 14.2 Å². The van der Waals surface area contributed by atoms with Gasteiger partial charge in [0.25, 0.3) is 0 Å². The summed E-state index contributed by atoms with van der Waals surface area (Å²) in [6.45, 7) is 1.90. The van der Waals surface area contributed by atoms with Gasteiger partial charge in [-0.15, -0.1) is 0 Å². The molecule has 1 aromatic carbocycles. The third-order valence-corrected chi connectivity index (χ3v) is 3.25. The SMILES string of the molecule is Bc1ccc(Oc2ccc(C)c(/C(=C\OC)C(=O)OC)c2)nc1. The fourth-order valence-electron chi connectivity index (χ4n) is 2.04. The van der Waals surface area contributed by atoms with Gasteiger partial charge in [0.2, 0.25) is 5.88 Å². The Morgan fingerprint density at radius 1 is 1.22 bits per heavy atom. The second-order valence-corrected chi connectivity index (χ2v) is 5.01. The molecule has 23 heavy (non-hydrogen) atoms. The van der Waals surface area contributed by atoms with Gasteiger partial charge in [0.1, 0.15) is 19.2 Å². The van der Waals surface area contributed by atoms with Crippen molar-refractivity contribution < 1.29 is 19.0 Å². The molecule has 1 aromatic heterocycles. The molecule has 0 unspecified atom stereocenters. The molecule has 5 nitrogen and oxygen atoms in total. The zero-order chi connectivity index (χ0) is 16.8. The van der Waals surface area contributed by atoms with E-state index in [-0.39, 0.29) is 0 Å². The summed E-state index contributed by atoms with van der Waals surface area (Å²) in [7, 11) is 4.77. The molecule has 0 amide bonds. The molecule has 6 heteroatoms. The van der Waals surface area contributed by atoms with Crippen LogP contribution in [-0.4, -0.2) is 33.0 Å². The number of methoxy groups -OCH3 is 2. The highest BCUT2D eigenvalue weighted by Crippen LogP contribution is 2.27. The van der Waals surface area contributed by atoms with E-state index in [0.717, 1.165) is 11.0 Å². The predicted molar refractivity (Wildman–Crippen MR) is 90.7 cm³/mol. The topological polar surface area (TPSA) is 57.7 Å². The van der Waals surface area contributed by atoms with E-state index in [4.69, 9.17) is 14.2 Å². The number of aryl methyl sites for hydroxylation is 1. The molecule has 0 aliphatic carbocycles. The normalized spacial score (nSPS) is 11.0. The molecular formula is C17H18BNO4. The Balaban J connectivity index is 2.36. The van der Waals surface area contributed by atoms with Crippen LogP contribution < -0.4 is 10.2 Å². The van der Waals surface area contributed by atoms with Crippen LogP contribution in [0.4, 0.5) is 0 Å². The zero-order valence-electron chi connectivity index (χ0n) is 13.6. The number of hydrogen-bond acceptors (Lipinski definition) is 5. The molecule has 0 aliphatic heterocycles. The van der Waals surface area contributed by atoms with Crippen molar-refractivity contribution in [3.63, 3.8) is 0 Å². The molecule has 118 valence electrons. The predicted octanol–water partition coefficient (Wildman–Crippen LogP) is 1.60. The number of nitrogens with zero attached hydrogens (tertiary/aromatic N) is 1. The maximum Gasteiger partial charge on any atom is 0.341 e. The fourth-order valence-corrected chi connectivity index (χ4v) is 2.04. The molecule has 2 rings (SSSR count). The number of esters is 1. The van der Waals surface area contributed by atoms with Crippen LogP contribution in [0.2, 0.25) is 0 Å². The molecule has 0 bridgehead atoms. The van der Waals surface area contributed by atoms with Gasteiger partial charge in [-0.2, -0.15) is 0 Å². The van der Waals surface area contributed by atoms with E-state index in [9.17, 15) is 4.79 Å². The van der Waals surface area contributed by atoms with Gasteiger partial charge in [-0.25, -0.2) is 9.78 Å². The Bertz CT molecular complexity index is 726. The number of rotatable bonds is 5. The summed E-state index contributed by atoms with van der Waals surface area (Å²) in [6, 6.07) is 9.16. The monoisotopic (exact) mass is 311 g/mol. The fraction of sp³-hybridized carbons (Fsp3) is 0.176. The first-order valence-electron chi connectivity index (χ1n) is 7.08. The van der Waals surface area contributed by atoms with Crippen molar-refractivity contribution in [3.8, 4) is 11.6 Å². The Labute approximate surface area is 136 Å². The summed E-state index contributed by atoms with van der Waals surface area (Å²) < 4.78 is 15.5. The largest absolute Gasteiger partial charge is 0.503 e. The van der Waals surface area contributed by atoms with E-state index in [1.165, 1.54) is 20.5 Å². The first kappa shape index (κ1) is 16.6. The lowest BCUT2D eigenvalue weighted by atomic mass is 9.99. The third-order valence-electron chi connectivity index (χ3n) is 3.25. The number of carbonyl (C=O) groups is 1. The van der Waals surface area contributed by atoms with Crippen LogP contribution in [0.25, 0.3) is 5.57 Å². The summed E-state index contributed by atoms with van der Waals surface area (Å²) in [5.41, 5.74) is 2.97. The van der Waals surface area contributed by atoms with Gasteiger partial charge in [0, 0.05) is 12.3 Å². The number of carbonyl (C=O) groups excluding carboxylic acids is 1. The molecule has 0 spiro atoms. The van der Waals surface area contributed by atoms with Crippen molar-refractivity contribution in [1.29, 1.82) is 0 Å². The first-order valence-corrected chi connectivity index (χ1v) is 7.08. The van der Waals surface area contributed by atoms with E-state index in [1.54, 1.807) is 18.3 Å². The van der Waals surface area contributed by atoms with Gasteiger partial charge in [-0.1, -0.05) is 17.6 Å². The van der Waals surface area contributed by atoms with Crippen molar-refractivity contribution in [1.82, 2.24) is 4.98 Å². The molecule has 0 atom stereocenters. The Morgan fingerprint density at radius 2 is 2.00 bits per heavy atom. The molecule has 0 N–H and O–H groups in total. The lowest BCUT2D eigenvalue weighted by molar-refractivity contribution is -0.133. The van der Waals surface area contributed by atoms with Crippen molar-refractivity contribution >= 4 is 24.9 Å². The standard InChI is InChI=1S/C17H18BNO4/c1-11-4-6-13(23-16-7-5-12(18)9-19-16)8-14(11)15(10-21-2)17(20)22-3/h4-10H,18H2,1-3H3/b15-10+. The van der Waals surface area contributed by atoms with Crippen LogP contribution in [-0.2, 0) is 14.3 Å². The summed E-state index contributed by atoms with van der Waals surface area (Å²) >= 11 is 0. The average Bonchev–Trinajstić information content (AvgIpc) is 2.56. The number of aromatic nitrogens is 1. The van der Waals surface area contributed by atoms with Crippen molar-refractivity contribution in [3.05, 3.63) is 53.9 Å². The molecule has 0 radical (unpaired) electrons. The van der Waals surface area contributed by atoms with Gasteiger partial charge in [0.15, 0.2) is 0 Å². The van der Waals surface area contributed by atoms with Crippen LogP contribution in [0.5, 0.6) is 11.6 Å². The Kier molecular flexibility index (Phi) is 5.41. The number of pyridine rings is 1. The molecule has 0 saturated heterocycles. The Morgan fingerprint density at radius 3 is 2.61 bits per heavy atom. The van der Waals surface area contributed by atoms with E-state index in [2.05, 4.69) is 4.98 Å². The van der Waals surface area contributed by atoms with Crippen LogP contribution in [0.15, 0.2) is 42.8 Å². The molecule has 0 aliphatic rings. The lowest BCUT2D eigenvalue weighted by Gasteiger charge is -2.11. The van der Waals surface area contributed by atoms with Crippen molar-refractivity contribution in [2.24, 2.45) is 0 Å². The molecule has 0 saturated carbocycles. The van der Waals surface area contributed by atoms with Gasteiger partial charge in [-0.05, 0) is 30.2 Å². The second-order valence-electron chi connectivity index (χ2n) is 5.01. The summed E-state index contributed by atoms with van der Waals surface area (Å²) in [6.07, 6.45) is 3.09. The molecule has 1 heterocycles.